The lowest BCUT2D eigenvalue weighted by Gasteiger charge is -2.20. The fraction of sp³-hybridized carbons (Fsp3) is 0.280. The van der Waals surface area contributed by atoms with Gasteiger partial charge in [0.25, 0.3) is 0 Å². The number of allylic oxidation sites excluding steroid dienone is 2. The molecule has 0 fully saturated rings. The Kier molecular flexibility index (Phi) is 6.04. The van der Waals surface area contributed by atoms with Crippen molar-refractivity contribution in [3.63, 3.8) is 0 Å². The van der Waals surface area contributed by atoms with Crippen LogP contribution in [0.15, 0.2) is 48.1 Å². The SMILES string of the molecule is C/C(=C\COc1cc(O)c2c(c1)C(=O)c1cc(C)cc(O)c1C2=O)C/C=C/C(C)(C)O. The number of phenols is 2. The zero-order chi connectivity index (χ0) is 22.9. The van der Waals surface area contributed by atoms with Crippen molar-refractivity contribution in [2.24, 2.45) is 0 Å². The normalized spacial score (nSPS) is 14.0. The predicted molar refractivity (Wildman–Crippen MR) is 117 cm³/mol. The van der Waals surface area contributed by atoms with Crippen LogP contribution in [0.4, 0.5) is 0 Å². The van der Waals surface area contributed by atoms with Gasteiger partial charge in [0, 0.05) is 17.2 Å². The van der Waals surface area contributed by atoms with Crippen molar-refractivity contribution in [2.75, 3.05) is 6.61 Å². The summed E-state index contributed by atoms with van der Waals surface area (Å²) in [6, 6.07) is 5.69. The molecule has 2 aromatic carbocycles. The van der Waals surface area contributed by atoms with Gasteiger partial charge in [-0.2, -0.15) is 0 Å². The molecule has 0 aliphatic heterocycles. The van der Waals surface area contributed by atoms with Crippen LogP contribution in [0.5, 0.6) is 17.2 Å². The van der Waals surface area contributed by atoms with Gasteiger partial charge in [-0.3, -0.25) is 9.59 Å². The van der Waals surface area contributed by atoms with E-state index >= 15 is 0 Å². The molecule has 6 heteroatoms. The smallest absolute Gasteiger partial charge is 0.201 e. The van der Waals surface area contributed by atoms with Crippen LogP contribution in [0.25, 0.3) is 0 Å². The maximum Gasteiger partial charge on any atom is 0.201 e. The third-order valence-corrected chi connectivity index (χ3v) is 4.94. The molecule has 0 radical (unpaired) electrons. The number of ketones is 2. The van der Waals surface area contributed by atoms with Gasteiger partial charge in [0.1, 0.15) is 23.9 Å². The lowest BCUT2D eigenvalue weighted by atomic mass is 9.82. The second-order valence-electron chi connectivity index (χ2n) is 8.35. The summed E-state index contributed by atoms with van der Waals surface area (Å²) in [7, 11) is 0. The van der Waals surface area contributed by atoms with E-state index in [1.165, 1.54) is 18.2 Å². The number of carbonyl (C=O) groups excluding carboxylic acids is 2. The molecule has 162 valence electrons. The van der Waals surface area contributed by atoms with Crippen LogP contribution in [0, 0.1) is 6.92 Å². The third-order valence-electron chi connectivity index (χ3n) is 4.94. The van der Waals surface area contributed by atoms with Crippen molar-refractivity contribution in [3.8, 4) is 17.2 Å². The molecule has 31 heavy (non-hydrogen) atoms. The maximum atomic E-state index is 13.0. The Morgan fingerprint density at radius 1 is 1.00 bits per heavy atom. The quantitative estimate of drug-likeness (QED) is 0.514. The van der Waals surface area contributed by atoms with Crippen molar-refractivity contribution in [2.45, 2.75) is 39.7 Å². The fourth-order valence-corrected chi connectivity index (χ4v) is 3.45. The minimum atomic E-state index is -0.866. The first kappa shape index (κ1) is 22.3. The second-order valence-corrected chi connectivity index (χ2v) is 8.35. The van der Waals surface area contributed by atoms with Crippen molar-refractivity contribution in [1.82, 2.24) is 0 Å². The van der Waals surface area contributed by atoms with E-state index in [1.807, 2.05) is 19.1 Å². The van der Waals surface area contributed by atoms with Gasteiger partial charge in [-0.25, -0.2) is 0 Å². The number of aliphatic hydroxyl groups is 1. The van der Waals surface area contributed by atoms with Crippen LogP contribution in [0.1, 0.15) is 64.6 Å². The number of ether oxygens (including phenoxy) is 1. The van der Waals surface area contributed by atoms with Gasteiger partial charge >= 0.3 is 0 Å². The molecule has 1 aliphatic rings. The van der Waals surface area contributed by atoms with Crippen LogP contribution in [0.3, 0.4) is 0 Å². The van der Waals surface area contributed by atoms with E-state index in [1.54, 1.807) is 32.9 Å². The predicted octanol–water partition coefficient (Wildman–Crippen LogP) is 4.22. The van der Waals surface area contributed by atoms with Crippen LogP contribution in [0.2, 0.25) is 0 Å². The van der Waals surface area contributed by atoms with Gasteiger partial charge < -0.3 is 20.1 Å². The molecule has 0 spiro atoms. The zero-order valence-electron chi connectivity index (χ0n) is 18.0. The average molecular weight is 422 g/mol. The summed E-state index contributed by atoms with van der Waals surface area (Å²) in [5, 5.41) is 30.3. The highest BCUT2D eigenvalue weighted by Crippen LogP contribution is 2.39. The van der Waals surface area contributed by atoms with Gasteiger partial charge in [-0.1, -0.05) is 17.7 Å². The fourth-order valence-electron chi connectivity index (χ4n) is 3.45. The maximum absolute atomic E-state index is 13.0. The summed E-state index contributed by atoms with van der Waals surface area (Å²) >= 11 is 0. The Morgan fingerprint density at radius 3 is 2.26 bits per heavy atom. The molecule has 6 nitrogen and oxygen atoms in total. The highest BCUT2D eigenvalue weighted by atomic mass is 16.5. The molecule has 0 amide bonds. The molecule has 0 bridgehead atoms. The summed E-state index contributed by atoms with van der Waals surface area (Å²) in [4.78, 5) is 25.8. The molecular weight excluding hydrogens is 396 g/mol. The number of fused-ring (bicyclic) bond motifs is 2. The van der Waals surface area contributed by atoms with Gasteiger partial charge in [0.2, 0.25) is 5.78 Å². The molecule has 0 unspecified atom stereocenters. The van der Waals surface area contributed by atoms with E-state index in [-0.39, 0.29) is 46.1 Å². The number of aryl methyl sites for hydroxylation is 1. The zero-order valence-corrected chi connectivity index (χ0v) is 18.0. The number of phenolic OH excluding ortho intramolecular Hbond substituents is 2. The summed E-state index contributed by atoms with van der Waals surface area (Å²) in [5.74, 6) is -1.44. The van der Waals surface area contributed by atoms with Crippen LogP contribution >= 0.6 is 0 Å². The standard InChI is InChI=1S/C25H26O6/c1-14(6-5-8-25(3,4)30)7-9-31-16-12-18-22(20(27)13-16)24(29)21-17(23(18)28)10-15(2)11-19(21)26/h5,7-8,10-13,26-27,30H,6,9H2,1-4H3/b8-5+,14-7+. The molecule has 2 aromatic rings. The Balaban J connectivity index is 1.82. The summed E-state index contributed by atoms with van der Waals surface area (Å²) in [6.07, 6.45) is 6.09. The van der Waals surface area contributed by atoms with Gasteiger partial charge in [-0.05, 0) is 64.0 Å². The Bertz CT molecular complexity index is 1120. The van der Waals surface area contributed by atoms with E-state index < -0.39 is 17.2 Å². The van der Waals surface area contributed by atoms with Crippen molar-refractivity contribution in [1.29, 1.82) is 0 Å². The molecule has 0 atom stereocenters. The molecule has 0 heterocycles. The van der Waals surface area contributed by atoms with E-state index in [0.717, 1.165) is 5.57 Å². The first-order chi connectivity index (χ1) is 14.5. The number of rotatable bonds is 6. The van der Waals surface area contributed by atoms with Crippen molar-refractivity contribution < 1.29 is 29.6 Å². The molecule has 0 saturated carbocycles. The Labute approximate surface area is 181 Å². The van der Waals surface area contributed by atoms with Crippen LogP contribution in [-0.2, 0) is 0 Å². The van der Waals surface area contributed by atoms with Crippen LogP contribution in [-0.4, -0.2) is 39.1 Å². The summed E-state index contributed by atoms with van der Waals surface area (Å²) in [5.41, 5.74) is 0.741. The Morgan fingerprint density at radius 2 is 1.61 bits per heavy atom. The van der Waals surface area contributed by atoms with Gasteiger partial charge in [0.15, 0.2) is 5.78 Å². The van der Waals surface area contributed by atoms with E-state index in [4.69, 9.17) is 4.74 Å². The van der Waals surface area contributed by atoms with Crippen molar-refractivity contribution >= 4 is 11.6 Å². The molecule has 1 aliphatic carbocycles. The highest BCUT2D eigenvalue weighted by molar-refractivity contribution is 6.30. The van der Waals surface area contributed by atoms with E-state index in [2.05, 4.69) is 0 Å². The topological polar surface area (TPSA) is 104 Å². The highest BCUT2D eigenvalue weighted by Gasteiger charge is 2.35. The van der Waals surface area contributed by atoms with E-state index in [9.17, 15) is 24.9 Å². The first-order valence-electron chi connectivity index (χ1n) is 9.96. The number of aromatic hydroxyl groups is 2. The number of benzene rings is 2. The first-order valence-corrected chi connectivity index (χ1v) is 9.96. The lowest BCUT2D eigenvalue weighted by Crippen LogP contribution is -2.21. The average Bonchev–Trinajstić information content (AvgIpc) is 2.64. The minimum absolute atomic E-state index is 0.0475. The Hall–Kier alpha value is -3.38. The molecule has 3 N–H and O–H groups in total. The minimum Gasteiger partial charge on any atom is -0.507 e. The monoisotopic (exact) mass is 422 g/mol. The number of hydrogen-bond acceptors (Lipinski definition) is 6. The van der Waals surface area contributed by atoms with Crippen molar-refractivity contribution in [3.05, 3.63) is 75.9 Å². The number of carbonyl (C=O) groups is 2. The van der Waals surface area contributed by atoms with Gasteiger partial charge in [0.05, 0.1) is 16.7 Å². The lowest BCUT2D eigenvalue weighted by molar-refractivity contribution is 0.0974. The molecule has 3 rings (SSSR count). The van der Waals surface area contributed by atoms with Crippen LogP contribution < -0.4 is 4.74 Å². The van der Waals surface area contributed by atoms with E-state index in [0.29, 0.717) is 12.0 Å². The summed E-state index contributed by atoms with van der Waals surface area (Å²) in [6.45, 7) is 7.24. The molecule has 0 saturated heterocycles. The largest absolute Gasteiger partial charge is 0.507 e. The molecule has 0 aromatic heterocycles. The summed E-state index contributed by atoms with van der Waals surface area (Å²) < 4.78 is 5.67. The second kappa shape index (κ2) is 8.40. The molecular formula is C25H26O6. The number of hydrogen-bond donors (Lipinski definition) is 3. The van der Waals surface area contributed by atoms with Gasteiger partial charge in [-0.15, -0.1) is 0 Å². The third kappa shape index (κ3) is 4.86.